The van der Waals surface area contributed by atoms with Gasteiger partial charge in [0, 0.05) is 13.6 Å². The van der Waals surface area contributed by atoms with Crippen LogP contribution in [0.1, 0.15) is 11.1 Å². The molecule has 20 heavy (non-hydrogen) atoms. The molecule has 0 saturated heterocycles. The molecule has 0 spiro atoms. The molecule has 3 rings (SSSR count). The van der Waals surface area contributed by atoms with E-state index in [0.29, 0.717) is 18.1 Å². The lowest BCUT2D eigenvalue weighted by Crippen LogP contribution is -2.05. The summed E-state index contributed by atoms with van der Waals surface area (Å²) in [6.45, 7) is 2.79. The molecule has 0 bridgehead atoms. The van der Waals surface area contributed by atoms with Gasteiger partial charge in [-0.3, -0.25) is 0 Å². The summed E-state index contributed by atoms with van der Waals surface area (Å²) in [4.78, 5) is 15.9. The van der Waals surface area contributed by atoms with Crippen LogP contribution >= 0.6 is 0 Å². The second kappa shape index (κ2) is 5.16. The second-order valence-electron chi connectivity index (χ2n) is 4.59. The van der Waals surface area contributed by atoms with Gasteiger partial charge in [-0.1, -0.05) is 29.8 Å². The van der Waals surface area contributed by atoms with Crippen molar-refractivity contribution in [3.05, 3.63) is 41.7 Å². The van der Waals surface area contributed by atoms with E-state index in [-0.39, 0.29) is 0 Å². The number of rotatable bonds is 4. The van der Waals surface area contributed by atoms with Crippen molar-refractivity contribution in [2.24, 2.45) is 0 Å². The van der Waals surface area contributed by atoms with Crippen molar-refractivity contribution in [2.45, 2.75) is 13.5 Å². The standard InChI is InChI=1S/C14H16N6/c1-9-4-3-5-10(6-9)7-16-12-11-13(18-8-17-11)20-14(15-2)19-12/h3-6,8H,7H2,1-2H3,(H3,15,16,17,18,19,20). The third-order valence-electron chi connectivity index (χ3n) is 3.05. The monoisotopic (exact) mass is 268 g/mol. The molecule has 6 heteroatoms. The quantitative estimate of drug-likeness (QED) is 0.676. The molecule has 0 amide bonds. The molecular formula is C14H16N6. The molecule has 0 unspecified atom stereocenters. The van der Waals surface area contributed by atoms with E-state index in [1.165, 1.54) is 11.1 Å². The number of aryl methyl sites for hydroxylation is 1. The predicted molar refractivity (Wildman–Crippen MR) is 79.7 cm³/mol. The minimum Gasteiger partial charge on any atom is -0.364 e. The first kappa shape index (κ1) is 12.4. The molecule has 2 aromatic heterocycles. The Balaban J connectivity index is 1.88. The van der Waals surface area contributed by atoms with E-state index in [4.69, 9.17) is 0 Å². The van der Waals surface area contributed by atoms with E-state index in [0.717, 1.165) is 11.3 Å². The van der Waals surface area contributed by atoms with Gasteiger partial charge in [-0.05, 0) is 12.5 Å². The van der Waals surface area contributed by atoms with Crippen LogP contribution in [0, 0.1) is 6.92 Å². The number of imidazole rings is 1. The number of nitrogens with zero attached hydrogens (tertiary/aromatic N) is 3. The van der Waals surface area contributed by atoms with Crippen molar-refractivity contribution in [1.82, 2.24) is 19.9 Å². The van der Waals surface area contributed by atoms with Crippen LogP contribution in [-0.2, 0) is 6.54 Å². The molecule has 0 fully saturated rings. The topological polar surface area (TPSA) is 78.5 Å². The highest BCUT2D eigenvalue weighted by molar-refractivity contribution is 5.83. The Hall–Kier alpha value is -2.63. The number of nitrogens with one attached hydrogen (secondary N) is 3. The van der Waals surface area contributed by atoms with Gasteiger partial charge in [0.2, 0.25) is 5.95 Å². The average molecular weight is 268 g/mol. The smallest absolute Gasteiger partial charge is 0.226 e. The Kier molecular flexibility index (Phi) is 3.20. The van der Waals surface area contributed by atoms with Gasteiger partial charge in [0.15, 0.2) is 11.5 Å². The minimum atomic E-state index is 0.552. The molecule has 3 N–H and O–H groups in total. The molecule has 102 valence electrons. The molecule has 6 nitrogen and oxygen atoms in total. The molecule has 0 aliphatic carbocycles. The van der Waals surface area contributed by atoms with E-state index in [1.807, 2.05) is 0 Å². The van der Waals surface area contributed by atoms with Crippen molar-refractivity contribution in [1.29, 1.82) is 0 Å². The number of benzene rings is 1. The van der Waals surface area contributed by atoms with E-state index < -0.39 is 0 Å². The normalized spacial score (nSPS) is 10.7. The van der Waals surface area contributed by atoms with Crippen molar-refractivity contribution >= 4 is 22.9 Å². The Bertz CT molecular complexity index is 733. The molecule has 0 radical (unpaired) electrons. The van der Waals surface area contributed by atoms with Crippen LogP contribution in [0.25, 0.3) is 11.2 Å². The molecule has 2 heterocycles. The summed E-state index contributed by atoms with van der Waals surface area (Å²) in [5.74, 6) is 1.30. The van der Waals surface area contributed by atoms with Gasteiger partial charge in [-0.2, -0.15) is 9.97 Å². The molecule has 0 saturated carbocycles. The van der Waals surface area contributed by atoms with Gasteiger partial charge in [0.05, 0.1) is 6.33 Å². The maximum Gasteiger partial charge on any atom is 0.226 e. The highest BCUT2D eigenvalue weighted by Crippen LogP contribution is 2.19. The first-order chi connectivity index (χ1) is 9.76. The van der Waals surface area contributed by atoms with Gasteiger partial charge >= 0.3 is 0 Å². The zero-order valence-electron chi connectivity index (χ0n) is 11.4. The van der Waals surface area contributed by atoms with Crippen molar-refractivity contribution in [2.75, 3.05) is 17.7 Å². The van der Waals surface area contributed by atoms with E-state index >= 15 is 0 Å². The van der Waals surface area contributed by atoms with Crippen LogP contribution in [0.2, 0.25) is 0 Å². The summed E-state index contributed by atoms with van der Waals surface area (Å²) in [5, 5.41) is 6.27. The van der Waals surface area contributed by atoms with Crippen LogP contribution in [0.5, 0.6) is 0 Å². The fraction of sp³-hybridized carbons (Fsp3) is 0.214. The lowest BCUT2D eigenvalue weighted by molar-refractivity contribution is 1.09. The second-order valence-corrected chi connectivity index (χ2v) is 4.59. The molecule has 1 aromatic carbocycles. The third kappa shape index (κ3) is 2.40. The summed E-state index contributed by atoms with van der Waals surface area (Å²) in [7, 11) is 1.79. The van der Waals surface area contributed by atoms with Crippen molar-refractivity contribution in [3.63, 3.8) is 0 Å². The first-order valence-electron chi connectivity index (χ1n) is 6.44. The summed E-state index contributed by atoms with van der Waals surface area (Å²) >= 11 is 0. The number of fused-ring (bicyclic) bond motifs is 1. The molecule has 3 aromatic rings. The predicted octanol–water partition coefficient (Wildman–Crippen LogP) is 2.32. The van der Waals surface area contributed by atoms with Crippen molar-refractivity contribution in [3.8, 4) is 0 Å². The van der Waals surface area contributed by atoms with Gasteiger partial charge in [-0.25, -0.2) is 4.98 Å². The number of H-pyrrole nitrogens is 1. The van der Waals surface area contributed by atoms with E-state index in [9.17, 15) is 0 Å². The first-order valence-corrected chi connectivity index (χ1v) is 6.44. The largest absolute Gasteiger partial charge is 0.364 e. The average Bonchev–Trinajstić information content (AvgIpc) is 2.93. The van der Waals surface area contributed by atoms with Gasteiger partial charge < -0.3 is 15.6 Å². The van der Waals surface area contributed by atoms with Crippen LogP contribution < -0.4 is 10.6 Å². The zero-order valence-corrected chi connectivity index (χ0v) is 11.4. The summed E-state index contributed by atoms with van der Waals surface area (Å²) < 4.78 is 0. The number of hydrogen-bond acceptors (Lipinski definition) is 5. The summed E-state index contributed by atoms with van der Waals surface area (Å²) in [6, 6.07) is 8.37. The SMILES string of the molecule is CNc1nc(NCc2cccc(C)c2)c2[nH]cnc2n1. The Morgan fingerprint density at radius 1 is 1.25 bits per heavy atom. The maximum absolute atomic E-state index is 4.42. The Morgan fingerprint density at radius 3 is 2.95 bits per heavy atom. The van der Waals surface area contributed by atoms with Gasteiger partial charge in [-0.15, -0.1) is 0 Å². The summed E-state index contributed by atoms with van der Waals surface area (Å²) in [6.07, 6.45) is 1.62. The number of aromatic nitrogens is 4. The third-order valence-corrected chi connectivity index (χ3v) is 3.05. The Labute approximate surface area is 116 Å². The van der Waals surface area contributed by atoms with Crippen LogP contribution in [0.4, 0.5) is 11.8 Å². The highest BCUT2D eigenvalue weighted by Gasteiger charge is 2.08. The molecular weight excluding hydrogens is 252 g/mol. The number of hydrogen-bond donors (Lipinski definition) is 3. The number of anilines is 2. The van der Waals surface area contributed by atoms with Gasteiger partial charge in [0.25, 0.3) is 0 Å². The molecule has 0 aliphatic rings. The van der Waals surface area contributed by atoms with E-state index in [1.54, 1.807) is 13.4 Å². The lowest BCUT2D eigenvalue weighted by atomic mass is 10.1. The van der Waals surface area contributed by atoms with Gasteiger partial charge in [0.1, 0.15) is 5.52 Å². The summed E-state index contributed by atoms with van der Waals surface area (Å²) in [5.41, 5.74) is 3.92. The highest BCUT2D eigenvalue weighted by atomic mass is 15.2. The molecule has 0 aliphatic heterocycles. The Morgan fingerprint density at radius 2 is 2.15 bits per heavy atom. The number of aromatic amines is 1. The maximum atomic E-state index is 4.42. The minimum absolute atomic E-state index is 0.552. The fourth-order valence-corrected chi connectivity index (χ4v) is 2.08. The fourth-order valence-electron chi connectivity index (χ4n) is 2.08. The molecule has 0 atom stereocenters. The van der Waals surface area contributed by atoms with Crippen molar-refractivity contribution < 1.29 is 0 Å². The van der Waals surface area contributed by atoms with Crippen LogP contribution in [-0.4, -0.2) is 27.0 Å². The van der Waals surface area contributed by atoms with Crippen LogP contribution in [0.15, 0.2) is 30.6 Å². The van der Waals surface area contributed by atoms with E-state index in [2.05, 4.69) is 61.8 Å². The van der Waals surface area contributed by atoms with Crippen LogP contribution in [0.3, 0.4) is 0 Å². The zero-order chi connectivity index (χ0) is 13.9. The lowest BCUT2D eigenvalue weighted by Gasteiger charge is -2.08.